The van der Waals surface area contributed by atoms with E-state index in [2.05, 4.69) is 126 Å². The molecule has 12 heteroatoms. The minimum absolute atomic E-state index is 0.601. The number of furan rings is 1. The van der Waals surface area contributed by atoms with E-state index < -0.39 is 0 Å². The average molecular weight is 723 g/mol. The number of hydrogen-bond donors (Lipinski definition) is 0. The van der Waals surface area contributed by atoms with Crippen LogP contribution in [0.3, 0.4) is 0 Å². The Balaban J connectivity index is 1.21. The molecule has 0 radical (unpaired) electrons. The summed E-state index contributed by atoms with van der Waals surface area (Å²) in [5.41, 5.74) is 19.8. The molecule has 57 heavy (non-hydrogen) atoms. The molecule has 0 atom stereocenters. The summed E-state index contributed by atoms with van der Waals surface area (Å²) in [6.45, 7) is 0. The fraction of sp³-hybridized carbons (Fsp3) is 0. The molecule has 0 unspecified atom stereocenters. The van der Waals surface area contributed by atoms with E-state index in [1.165, 1.54) is 76.9 Å². The Morgan fingerprint density at radius 3 is 1.54 bits per heavy atom. The van der Waals surface area contributed by atoms with Crippen molar-refractivity contribution in [1.82, 2.24) is 19.5 Å². The van der Waals surface area contributed by atoms with Gasteiger partial charge in [0.1, 0.15) is 66.1 Å². The van der Waals surface area contributed by atoms with Crippen LogP contribution in [0, 0.1) is 0 Å². The molecule has 262 valence electrons. The lowest BCUT2D eigenvalue weighted by Gasteiger charge is -2.19. The Morgan fingerprint density at radius 2 is 0.930 bits per heavy atom. The van der Waals surface area contributed by atoms with Crippen LogP contribution in [-0.2, 0) is 0 Å². The molecule has 0 bridgehead atoms. The summed E-state index contributed by atoms with van der Waals surface area (Å²) in [6, 6.07) is 43.8. The van der Waals surface area contributed by atoms with Gasteiger partial charge in [-0.1, -0.05) is 130 Å². The van der Waals surface area contributed by atoms with Gasteiger partial charge < -0.3 is 8.98 Å². The van der Waals surface area contributed by atoms with Crippen molar-refractivity contribution < 1.29 is 4.42 Å². The number of fused-ring (bicyclic) bond motifs is 6. The number of hydrogen-bond acceptors (Lipinski definition) is 4. The third-order valence-corrected chi connectivity index (χ3v) is 12.4. The topological polar surface area (TPSA) is 56.7 Å². The molecule has 10 rings (SSSR count). The number of para-hydroxylation sites is 1. The number of nitrogens with zero attached hydrogens (tertiary/aromatic N) is 4. The standard InChI is InChI=1S/C45H35B7N4O/c46-34-31(35(47)39(51)41-32(34)33-36(48)37(49)38(50)40(52)42(33)56(41)25-15-8-3-9-16-25)27-17-10-18-28-30(27)26-20-19-24(21-29(26)57-28)45-54-43(22-11-4-1-5-12-22)53-44(55-45)23-13-6-2-7-14-23/h1-21H,46-52H2. The first-order valence-electron chi connectivity index (χ1n) is 19.6. The maximum absolute atomic E-state index is 6.72. The van der Waals surface area contributed by atoms with E-state index in [4.69, 9.17) is 19.4 Å². The van der Waals surface area contributed by atoms with Gasteiger partial charge in [0.25, 0.3) is 0 Å². The van der Waals surface area contributed by atoms with Crippen LogP contribution in [0.1, 0.15) is 0 Å². The average Bonchev–Trinajstić information content (AvgIpc) is 3.82. The summed E-state index contributed by atoms with van der Waals surface area (Å²) in [5, 5.41) is 4.83. The molecule has 0 saturated carbocycles. The number of aromatic nitrogens is 4. The minimum atomic E-state index is 0.601. The van der Waals surface area contributed by atoms with E-state index in [-0.39, 0.29) is 0 Å². The first kappa shape index (κ1) is 35.0. The fourth-order valence-corrected chi connectivity index (χ4v) is 9.06. The Hall–Kier alpha value is -6.40. The second-order valence-electron chi connectivity index (χ2n) is 15.4. The van der Waals surface area contributed by atoms with E-state index in [1.54, 1.807) is 0 Å². The molecule has 0 amide bonds. The highest BCUT2D eigenvalue weighted by atomic mass is 16.3. The molecule has 0 aliphatic rings. The zero-order valence-corrected chi connectivity index (χ0v) is 33.3. The highest BCUT2D eigenvalue weighted by Gasteiger charge is 2.26. The molecule has 0 N–H and O–H groups in total. The van der Waals surface area contributed by atoms with Crippen molar-refractivity contribution in [1.29, 1.82) is 0 Å². The molecular weight excluding hydrogens is 688 g/mol. The van der Waals surface area contributed by atoms with Crippen LogP contribution in [0.25, 0.3) is 94.7 Å². The first-order chi connectivity index (χ1) is 27.7. The van der Waals surface area contributed by atoms with Gasteiger partial charge in [-0.3, -0.25) is 0 Å². The Labute approximate surface area is 337 Å². The third-order valence-electron chi connectivity index (χ3n) is 12.4. The predicted octanol–water partition coefficient (Wildman–Crippen LogP) is -0.655. The lowest BCUT2D eigenvalue weighted by Crippen LogP contribution is -2.48. The van der Waals surface area contributed by atoms with Gasteiger partial charge >= 0.3 is 0 Å². The van der Waals surface area contributed by atoms with E-state index in [1.807, 2.05) is 60.7 Å². The molecule has 0 aliphatic carbocycles. The largest absolute Gasteiger partial charge is 0.456 e. The molecule has 7 aromatic carbocycles. The lowest BCUT2D eigenvalue weighted by atomic mass is 9.64. The smallest absolute Gasteiger partial charge is 0.164 e. The molecule has 0 saturated heterocycles. The summed E-state index contributed by atoms with van der Waals surface area (Å²) in [5.74, 6) is 1.86. The monoisotopic (exact) mass is 724 g/mol. The predicted molar refractivity (Wildman–Crippen MR) is 260 cm³/mol. The van der Waals surface area contributed by atoms with Crippen LogP contribution >= 0.6 is 0 Å². The summed E-state index contributed by atoms with van der Waals surface area (Å²) in [7, 11) is 16.0. The molecule has 0 fully saturated rings. The zero-order valence-electron chi connectivity index (χ0n) is 33.3. The van der Waals surface area contributed by atoms with Crippen LogP contribution < -0.4 is 38.2 Å². The summed E-state index contributed by atoms with van der Waals surface area (Å²) < 4.78 is 9.24. The van der Waals surface area contributed by atoms with Gasteiger partial charge in [-0.2, -0.15) is 0 Å². The number of rotatable bonds is 5. The Bertz CT molecular complexity index is 3200. The van der Waals surface area contributed by atoms with Crippen molar-refractivity contribution in [2.24, 2.45) is 0 Å². The van der Waals surface area contributed by atoms with Crippen LogP contribution in [0.5, 0.6) is 0 Å². The first-order valence-corrected chi connectivity index (χ1v) is 19.6. The van der Waals surface area contributed by atoms with Gasteiger partial charge in [0, 0.05) is 49.6 Å². The van der Waals surface area contributed by atoms with Gasteiger partial charge in [-0.15, -0.1) is 5.46 Å². The summed E-state index contributed by atoms with van der Waals surface area (Å²) in [4.78, 5) is 14.9. The second kappa shape index (κ2) is 13.4. The molecule has 10 aromatic rings. The van der Waals surface area contributed by atoms with Crippen LogP contribution in [-0.4, -0.2) is 74.4 Å². The Morgan fingerprint density at radius 1 is 0.404 bits per heavy atom. The molecule has 5 nitrogen and oxygen atoms in total. The molecule has 0 spiro atoms. The molecule has 3 aromatic heterocycles. The summed E-state index contributed by atoms with van der Waals surface area (Å²) in [6.07, 6.45) is 0. The summed E-state index contributed by atoms with van der Waals surface area (Å²) >= 11 is 0. The van der Waals surface area contributed by atoms with Gasteiger partial charge in [-0.05, 0) is 46.8 Å². The van der Waals surface area contributed by atoms with Gasteiger partial charge in [0.15, 0.2) is 17.5 Å². The highest BCUT2D eigenvalue weighted by molar-refractivity contribution is 6.69. The van der Waals surface area contributed by atoms with Crippen molar-refractivity contribution in [3.63, 3.8) is 0 Å². The highest BCUT2D eigenvalue weighted by Crippen LogP contribution is 2.38. The van der Waals surface area contributed by atoms with Gasteiger partial charge in [0.2, 0.25) is 0 Å². The molecule has 3 heterocycles. The third kappa shape index (κ3) is 5.38. The minimum Gasteiger partial charge on any atom is -0.456 e. The number of benzene rings is 7. The van der Waals surface area contributed by atoms with E-state index >= 15 is 0 Å². The maximum atomic E-state index is 6.72. The van der Waals surface area contributed by atoms with Crippen molar-refractivity contribution in [3.05, 3.63) is 127 Å². The quantitative estimate of drug-likeness (QED) is 0.222. The fourth-order valence-electron chi connectivity index (χ4n) is 9.06. The van der Waals surface area contributed by atoms with Crippen LogP contribution in [0.15, 0.2) is 132 Å². The van der Waals surface area contributed by atoms with Crippen molar-refractivity contribution in [2.75, 3.05) is 0 Å². The van der Waals surface area contributed by atoms with Crippen molar-refractivity contribution in [3.8, 4) is 51.0 Å². The second-order valence-corrected chi connectivity index (χ2v) is 15.4. The zero-order chi connectivity index (χ0) is 39.1. The Kier molecular flexibility index (Phi) is 8.22. The molecule has 0 aliphatic heterocycles. The van der Waals surface area contributed by atoms with Gasteiger partial charge in [0.05, 0.1) is 0 Å². The maximum Gasteiger partial charge on any atom is 0.164 e. The lowest BCUT2D eigenvalue weighted by molar-refractivity contribution is 0.669. The van der Waals surface area contributed by atoms with Gasteiger partial charge in [-0.25, -0.2) is 15.0 Å². The SMILES string of the molecule is Bc1c(B)c(B)c2c(c1B)c1c(B)c(-c3cccc4oc5cc(-c6nc(-c7ccccc7)nc(-c7ccccc7)n6)ccc5c34)c(B)c(B)c1n2-c1ccccc1. The van der Waals surface area contributed by atoms with Crippen molar-refractivity contribution in [2.45, 2.75) is 0 Å². The van der Waals surface area contributed by atoms with E-state index in [9.17, 15) is 0 Å². The van der Waals surface area contributed by atoms with Crippen molar-refractivity contribution >= 4 is 137 Å². The van der Waals surface area contributed by atoms with Crippen LogP contribution in [0.2, 0.25) is 0 Å². The van der Waals surface area contributed by atoms with Crippen LogP contribution in [0.4, 0.5) is 0 Å². The molecular formula is C45H35B7N4O. The van der Waals surface area contributed by atoms with E-state index in [0.717, 1.165) is 38.6 Å². The normalized spacial score (nSPS) is 11.6. The van der Waals surface area contributed by atoms with E-state index in [0.29, 0.717) is 17.5 Å².